The molecule has 0 aliphatic carbocycles. The van der Waals surface area contributed by atoms with Crippen LogP contribution in [0.5, 0.6) is 17.4 Å². The Labute approximate surface area is 126 Å². The van der Waals surface area contributed by atoms with Gasteiger partial charge in [-0.25, -0.2) is 0 Å². The summed E-state index contributed by atoms with van der Waals surface area (Å²) in [6.07, 6.45) is -4.48. The van der Waals surface area contributed by atoms with Gasteiger partial charge in [-0.05, 0) is 41.6 Å². The van der Waals surface area contributed by atoms with Gasteiger partial charge in [0.15, 0.2) is 5.58 Å². The monoisotopic (exact) mass is 329 g/mol. The highest BCUT2D eigenvalue weighted by Crippen LogP contribution is 2.37. The smallest absolute Gasteiger partial charge is 0.416 e. The van der Waals surface area contributed by atoms with Gasteiger partial charge in [-0.2, -0.15) is 13.2 Å². The summed E-state index contributed by atoms with van der Waals surface area (Å²) >= 11 is 5.81. The van der Waals surface area contributed by atoms with E-state index in [1.807, 2.05) is 0 Å². The summed E-state index contributed by atoms with van der Waals surface area (Å²) < 4.78 is 47.9. The number of rotatable bonds is 2. The van der Waals surface area contributed by atoms with Gasteiger partial charge < -0.3 is 14.4 Å². The number of ether oxygens (including phenoxy) is 1. The van der Waals surface area contributed by atoms with Crippen LogP contribution in [-0.4, -0.2) is 10.3 Å². The molecule has 0 bridgehead atoms. The molecule has 3 aromatic rings. The second-order valence-electron chi connectivity index (χ2n) is 4.41. The molecule has 22 heavy (non-hydrogen) atoms. The van der Waals surface area contributed by atoms with Crippen molar-refractivity contribution in [3.63, 3.8) is 0 Å². The lowest BCUT2D eigenvalue weighted by molar-refractivity contribution is -0.137. The van der Waals surface area contributed by atoms with E-state index in [4.69, 9.17) is 20.9 Å². The van der Waals surface area contributed by atoms with Crippen LogP contribution in [-0.2, 0) is 6.18 Å². The Morgan fingerprint density at radius 2 is 1.91 bits per heavy atom. The lowest BCUT2D eigenvalue weighted by Crippen LogP contribution is -2.04. The van der Waals surface area contributed by atoms with Gasteiger partial charge in [0.2, 0.25) is 0 Å². The van der Waals surface area contributed by atoms with Crippen molar-refractivity contribution in [2.45, 2.75) is 6.18 Å². The average molecular weight is 330 g/mol. The van der Waals surface area contributed by atoms with E-state index in [2.05, 4.69) is 5.16 Å². The molecule has 0 saturated carbocycles. The number of hydrogen-bond acceptors (Lipinski definition) is 4. The standard InChI is InChI=1S/C14H7ClF3NO3/c15-10-5-7(14(16,17)18)1-3-12(10)21-8-2-4-11-9(6-8)13(20)19-22-11/h1-6H,(H,19,20). The molecular formula is C14H7ClF3NO3. The molecule has 0 spiro atoms. The fraction of sp³-hybridized carbons (Fsp3) is 0.0714. The van der Waals surface area contributed by atoms with Crippen LogP contribution in [0.25, 0.3) is 11.0 Å². The molecule has 3 rings (SSSR count). The molecule has 1 aromatic heterocycles. The van der Waals surface area contributed by atoms with Gasteiger partial charge in [0.05, 0.1) is 16.0 Å². The molecule has 0 aliphatic heterocycles. The molecule has 4 nitrogen and oxygen atoms in total. The van der Waals surface area contributed by atoms with E-state index in [9.17, 15) is 18.3 Å². The SMILES string of the molecule is Oc1noc2ccc(Oc3ccc(C(F)(F)F)cc3Cl)cc12. The van der Waals surface area contributed by atoms with Gasteiger partial charge in [0, 0.05) is 0 Å². The highest BCUT2D eigenvalue weighted by molar-refractivity contribution is 6.32. The summed E-state index contributed by atoms with van der Waals surface area (Å²) in [5, 5.41) is 13.0. The molecule has 0 unspecified atom stereocenters. The van der Waals surface area contributed by atoms with Gasteiger partial charge in [-0.15, -0.1) is 0 Å². The van der Waals surface area contributed by atoms with Crippen molar-refractivity contribution in [2.75, 3.05) is 0 Å². The van der Waals surface area contributed by atoms with Crippen LogP contribution in [0.3, 0.4) is 0 Å². The molecule has 114 valence electrons. The van der Waals surface area contributed by atoms with Crippen molar-refractivity contribution in [3.05, 3.63) is 47.0 Å². The first-order valence-corrected chi connectivity index (χ1v) is 6.35. The summed E-state index contributed by atoms with van der Waals surface area (Å²) in [6, 6.07) is 7.25. The van der Waals surface area contributed by atoms with Crippen LogP contribution in [0, 0.1) is 0 Å². The molecule has 1 heterocycles. The first kappa shape index (κ1) is 14.5. The van der Waals surface area contributed by atoms with E-state index in [1.54, 1.807) is 0 Å². The third-order valence-corrected chi connectivity index (χ3v) is 3.20. The first-order chi connectivity index (χ1) is 10.3. The maximum Gasteiger partial charge on any atom is 0.416 e. The Morgan fingerprint density at radius 1 is 1.14 bits per heavy atom. The molecule has 0 fully saturated rings. The predicted molar refractivity (Wildman–Crippen MR) is 72.2 cm³/mol. The topological polar surface area (TPSA) is 55.5 Å². The molecule has 0 amide bonds. The van der Waals surface area contributed by atoms with E-state index in [0.29, 0.717) is 11.0 Å². The van der Waals surface area contributed by atoms with Gasteiger partial charge in [-0.3, -0.25) is 0 Å². The van der Waals surface area contributed by atoms with Crippen molar-refractivity contribution >= 4 is 22.6 Å². The zero-order chi connectivity index (χ0) is 15.9. The fourth-order valence-corrected chi connectivity index (χ4v) is 2.07. The Balaban J connectivity index is 1.93. The minimum Gasteiger partial charge on any atom is -0.491 e. The minimum atomic E-state index is -4.48. The number of hydrogen-bond donors (Lipinski definition) is 1. The molecule has 1 N–H and O–H groups in total. The lowest BCUT2D eigenvalue weighted by atomic mass is 10.2. The fourth-order valence-electron chi connectivity index (χ4n) is 1.86. The van der Waals surface area contributed by atoms with Crippen LogP contribution < -0.4 is 4.74 Å². The molecule has 8 heteroatoms. The van der Waals surface area contributed by atoms with Gasteiger partial charge >= 0.3 is 6.18 Å². The Morgan fingerprint density at radius 3 is 2.59 bits per heavy atom. The number of alkyl halides is 3. The van der Waals surface area contributed by atoms with E-state index >= 15 is 0 Å². The Hall–Kier alpha value is -2.41. The minimum absolute atomic E-state index is 0.0601. The highest BCUT2D eigenvalue weighted by Gasteiger charge is 2.31. The van der Waals surface area contributed by atoms with Crippen molar-refractivity contribution < 1.29 is 27.5 Å². The van der Waals surface area contributed by atoms with Crippen LogP contribution in [0.1, 0.15) is 5.56 Å². The maximum absolute atomic E-state index is 12.6. The molecule has 0 aliphatic rings. The van der Waals surface area contributed by atoms with E-state index in [0.717, 1.165) is 18.2 Å². The average Bonchev–Trinajstić information content (AvgIpc) is 2.81. The molecule has 0 atom stereocenters. The summed E-state index contributed by atoms with van der Waals surface area (Å²) in [5.41, 5.74) is -0.514. The zero-order valence-electron chi connectivity index (χ0n) is 10.7. The van der Waals surface area contributed by atoms with Crippen molar-refractivity contribution in [1.29, 1.82) is 0 Å². The number of benzene rings is 2. The first-order valence-electron chi connectivity index (χ1n) is 5.97. The normalized spacial score (nSPS) is 11.8. The maximum atomic E-state index is 12.6. The van der Waals surface area contributed by atoms with E-state index in [1.165, 1.54) is 18.2 Å². The van der Waals surface area contributed by atoms with Crippen LogP contribution >= 0.6 is 11.6 Å². The molecule has 0 radical (unpaired) electrons. The summed E-state index contributed by atoms with van der Waals surface area (Å²) in [5.74, 6) is 0.0246. The van der Waals surface area contributed by atoms with Crippen molar-refractivity contribution in [3.8, 4) is 17.4 Å². The predicted octanol–water partition coefficient (Wildman–Crippen LogP) is 5.00. The molecule has 2 aromatic carbocycles. The van der Waals surface area contributed by atoms with Gasteiger partial charge in [-0.1, -0.05) is 11.6 Å². The second-order valence-corrected chi connectivity index (χ2v) is 4.82. The van der Waals surface area contributed by atoms with Gasteiger partial charge in [0.1, 0.15) is 11.5 Å². The summed E-state index contributed by atoms with van der Waals surface area (Å²) in [4.78, 5) is 0. The van der Waals surface area contributed by atoms with E-state index in [-0.39, 0.29) is 22.4 Å². The highest BCUT2D eigenvalue weighted by atomic mass is 35.5. The van der Waals surface area contributed by atoms with Crippen LogP contribution in [0.15, 0.2) is 40.9 Å². The number of aromatic nitrogens is 1. The van der Waals surface area contributed by atoms with E-state index < -0.39 is 11.7 Å². The number of halogens is 4. The zero-order valence-corrected chi connectivity index (χ0v) is 11.4. The Bertz CT molecular complexity index is 845. The molecular weight excluding hydrogens is 323 g/mol. The van der Waals surface area contributed by atoms with Crippen molar-refractivity contribution in [2.24, 2.45) is 0 Å². The second kappa shape index (κ2) is 5.10. The third-order valence-electron chi connectivity index (χ3n) is 2.91. The van der Waals surface area contributed by atoms with Crippen LogP contribution in [0.4, 0.5) is 13.2 Å². The quantitative estimate of drug-likeness (QED) is 0.719. The van der Waals surface area contributed by atoms with Gasteiger partial charge in [0.25, 0.3) is 5.88 Å². The van der Waals surface area contributed by atoms with Crippen LogP contribution in [0.2, 0.25) is 5.02 Å². The summed E-state index contributed by atoms with van der Waals surface area (Å²) in [7, 11) is 0. The summed E-state index contributed by atoms with van der Waals surface area (Å²) in [6.45, 7) is 0. The largest absolute Gasteiger partial charge is 0.491 e. The Kier molecular flexibility index (Phi) is 3.37. The number of fused-ring (bicyclic) bond motifs is 1. The number of aromatic hydroxyl groups is 1. The number of nitrogens with zero attached hydrogens (tertiary/aromatic N) is 1. The third kappa shape index (κ3) is 2.67. The lowest BCUT2D eigenvalue weighted by Gasteiger charge is -2.11. The molecule has 0 saturated heterocycles. The van der Waals surface area contributed by atoms with Crippen molar-refractivity contribution in [1.82, 2.24) is 5.16 Å².